The van der Waals surface area contributed by atoms with Crippen molar-refractivity contribution in [1.82, 2.24) is 0 Å². The zero-order chi connectivity index (χ0) is 16.1. The van der Waals surface area contributed by atoms with Crippen LogP contribution in [0.1, 0.15) is 6.92 Å². The number of halogens is 1. The number of amides is 1. The van der Waals surface area contributed by atoms with Gasteiger partial charge in [0.05, 0.1) is 4.92 Å². The quantitative estimate of drug-likeness (QED) is 0.646. The summed E-state index contributed by atoms with van der Waals surface area (Å²) in [7, 11) is 0. The van der Waals surface area contributed by atoms with Gasteiger partial charge in [0, 0.05) is 16.2 Å². The predicted octanol–water partition coefficient (Wildman–Crippen LogP) is 3.76. The number of rotatable bonds is 5. The Morgan fingerprint density at radius 1 is 1.23 bits per heavy atom. The summed E-state index contributed by atoms with van der Waals surface area (Å²) in [5.74, 6) is -0.327. The highest BCUT2D eigenvalue weighted by atomic mass is 79.9. The fraction of sp³-hybridized carbons (Fsp3) is 0.133. The molecule has 0 saturated heterocycles. The Bertz CT molecular complexity index is 688. The molecule has 0 aromatic heterocycles. The zero-order valence-electron chi connectivity index (χ0n) is 11.7. The lowest BCUT2D eigenvalue weighted by Gasteiger charge is -2.14. The fourth-order valence-electron chi connectivity index (χ4n) is 1.73. The predicted molar refractivity (Wildman–Crippen MR) is 86.0 cm³/mol. The number of ether oxygens (including phenoxy) is 1. The molecule has 0 spiro atoms. The van der Waals surface area contributed by atoms with Gasteiger partial charge in [0.1, 0.15) is 0 Å². The number of nitrogens with zero attached hydrogens (tertiary/aromatic N) is 1. The van der Waals surface area contributed by atoms with Crippen LogP contribution in [-0.2, 0) is 4.79 Å². The average Bonchev–Trinajstić information content (AvgIpc) is 2.49. The third-order valence-corrected chi connectivity index (χ3v) is 3.38. The Morgan fingerprint density at radius 3 is 2.50 bits per heavy atom. The van der Waals surface area contributed by atoms with Crippen LogP contribution in [0.3, 0.4) is 0 Å². The molecule has 114 valence electrons. The Morgan fingerprint density at radius 2 is 1.86 bits per heavy atom. The molecule has 6 nitrogen and oxygen atoms in total. The van der Waals surface area contributed by atoms with Gasteiger partial charge < -0.3 is 10.1 Å². The maximum atomic E-state index is 12.1. The van der Waals surface area contributed by atoms with Gasteiger partial charge >= 0.3 is 5.69 Å². The van der Waals surface area contributed by atoms with E-state index in [0.29, 0.717) is 5.69 Å². The standard InChI is InChI=1S/C15H13BrN2O4/c1-10(15(19)17-12-8-6-11(16)7-9-12)22-14-5-3-2-4-13(14)18(20)21/h2-10H,1H3,(H,17,19)/t10-/m1/s1. The Kier molecular flexibility index (Phi) is 5.11. The van der Waals surface area contributed by atoms with Crippen molar-refractivity contribution >= 4 is 33.2 Å². The molecule has 0 fully saturated rings. The summed E-state index contributed by atoms with van der Waals surface area (Å²) in [5, 5.41) is 13.6. The molecule has 22 heavy (non-hydrogen) atoms. The van der Waals surface area contributed by atoms with Gasteiger partial charge in [-0.15, -0.1) is 0 Å². The lowest BCUT2D eigenvalue weighted by atomic mass is 10.2. The minimum atomic E-state index is -0.871. The Hall–Kier alpha value is -2.41. The van der Waals surface area contributed by atoms with Crippen molar-refractivity contribution in [1.29, 1.82) is 0 Å². The molecule has 0 unspecified atom stereocenters. The highest BCUT2D eigenvalue weighted by molar-refractivity contribution is 9.10. The summed E-state index contributed by atoms with van der Waals surface area (Å²) in [5.41, 5.74) is 0.442. The van der Waals surface area contributed by atoms with Crippen LogP contribution in [0.5, 0.6) is 5.75 Å². The molecular weight excluding hydrogens is 352 g/mol. The summed E-state index contributed by atoms with van der Waals surface area (Å²) in [4.78, 5) is 22.4. The van der Waals surface area contributed by atoms with Crippen LogP contribution in [0, 0.1) is 10.1 Å². The molecule has 1 atom stereocenters. The SMILES string of the molecule is C[C@@H](Oc1ccccc1[N+](=O)[O-])C(=O)Nc1ccc(Br)cc1. The monoisotopic (exact) mass is 364 g/mol. The largest absolute Gasteiger partial charge is 0.474 e. The number of anilines is 1. The smallest absolute Gasteiger partial charge is 0.310 e. The molecule has 2 rings (SSSR count). The van der Waals surface area contributed by atoms with Crippen molar-refractivity contribution in [3.8, 4) is 5.75 Å². The van der Waals surface area contributed by atoms with Crippen LogP contribution in [-0.4, -0.2) is 16.9 Å². The minimum absolute atomic E-state index is 0.0611. The van der Waals surface area contributed by atoms with E-state index in [0.717, 1.165) is 4.47 Å². The number of para-hydroxylation sites is 2. The molecule has 0 bridgehead atoms. The van der Waals surface area contributed by atoms with Crippen molar-refractivity contribution in [2.75, 3.05) is 5.32 Å². The summed E-state index contributed by atoms with van der Waals surface area (Å²) >= 11 is 3.31. The van der Waals surface area contributed by atoms with Crippen LogP contribution >= 0.6 is 15.9 Å². The number of hydrogen-bond acceptors (Lipinski definition) is 4. The lowest BCUT2D eigenvalue weighted by molar-refractivity contribution is -0.386. The number of hydrogen-bond donors (Lipinski definition) is 1. The molecule has 1 amide bonds. The van der Waals surface area contributed by atoms with E-state index in [-0.39, 0.29) is 17.3 Å². The van der Waals surface area contributed by atoms with Gasteiger partial charge in [0.25, 0.3) is 5.91 Å². The fourth-order valence-corrected chi connectivity index (χ4v) is 1.99. The minimum Gasteiger partial charge on any atom is -0.474 e. The molecule has 7 heteroatoms. The second-order valence-electron chi connectivity index (χ2n) is 4.48. The van der Waals surface area contributed by atoms with Crippen LogP contribution < -0.4 is 10.1 Å². The van der Waals surface area contributed by atoms with Gasteiger partial charge in [-0.25, -0.2) is 0 Å². The van der Waals surface area contributed by atoms with E-state index < -0.39 is 11.0 Å². The van der Waals surface area contributed by atoms with Crippen molar-refractivity contribution < 1.29 is 14.5 Å². The Labute approximate surface area is 135 Å². The molecule has 0 heterocycles. The van der Waals surface area contributed by atoms with Gasteiger partial charge in [-0.2, -0.15) is 0 Å². The first-order chi connectivity index (χ1) is 10.5. The van der Waals surface area contributed by atoms with E-state index in [4.69, 9.17) is 4.74 Å². The highest BCUT2D eigenvalue weighted by Crippen LogP contribution is 2.27. The maximum absolute atomic E-state index is 12.1. The number of nitro groups is 1. The van der Waals surface area contributed by atoms with Crippen molar-refractivity contribution in [3.63, 3.8) is 0 Å². The van der Waals surface area contributed by atoms with E-state index in [2.05, 4.69) is 21.2 Å². The van der Waals surface area contributed by atoms with E-state index in [9.17, 15) is 14.9 Å². The third kappa shape index (κ3) is 4.05. The van der Waals surface area contributed by atoms with Crippen molar-refractivity contribution in [2.24, 2.45) is 0 Å². The molecule has 0 aliphatic heterocycles. The van der Waals surface area contributed by atoms with Crippen LogP contribution in [0.25, 0.3) is 0 Å². The number of benzene rings is 2. The molecular formula is C15H13BrN2O4. The number of carbonyl (C=O) groups excluding carboxylic acids is 1. The van der Waals surface area contributed by atoms with Crippen molar-refractivity contribution in [2.45, 2.75) is 13.0 Å². The number of nitrogens with one attached hydrogen (secondary N) is 1. The molecule has 0 saturated carbocycles. The zero-order valence-corrected chi connectivity index (χ0v) is 13.2. The van der Waals surface area contributed by atoms with E-state index in [1.807, 2.05) is 0 Å². The molecule has 2 aromatic carbocycles. The maximum Gasteiger partial charge on any atom is 0.310 e. The lowest BCUT2D eigenvalue weighted by Crippen LogP contribution is -2.30. The highest BCUT2D eigenvalue weighted by Gasteiger charge is 2.20. The third-order valence-electron chi connectivity index (χ3n) is 2.85. The van der Waals surface area contributed by atoms with E-state index in [1.54, 1.807) is 30.3 Å². The number of carbonyl (C=O) groups is 1. The first kappa shape index (κ1) is 16.0. The van der Waals surface area contributed by atoms with Gasteiger partial charge in [-0.3, -0.25) is 14.9 Å². The molecule has 1 N–H and O–H groups in total. The second kappa shape index (κ2) is 7.04. The van der Waals surface area contributed by atoms with E-state index in [1.165, 1.54) is 25.1 Å². The Balaban J connectivity index is 2.05. The van der Waals surface area contributed by atoms with Crippen LogP contribution in [0.15, 0.2) is 53.0 Å². The van der Waals surface area contributed by atoms with Gasteiger partial charge in [-0.1, -0.05) is 28.1 Å². The van der Waals surface area contributed by atoms with Gasteiger partial charge in [0.15, 0.2) is 11.9 Å². The number of nitro benzene ring substituents is 1. The molecule has 2 aromatic rings. The summed E-state index contributed by atoms with van der Waals surface area (Å²) < 4.78 is 6.30. The van der Waals surface area contributed by atoms with Gasteiger partial charge in [-0.05, 0) is 37.3 Å². The molecule has 0 aliphatic rings. The van der Waals surface area contributed by atoms with Gasteiger partial charge in [0.2, 0.25) is 0 Å². The first-order valence-electron chi connectivity index (χ1n) is 6.44. The normalized spacial score (nSPS) is 11.5. The van der Waals surface area contributed by atoms with Crippen LogP contribution in [0.2, 0.25) is 0 Å². The molecule has 0 radical (unpaired) electrons. The summed E-state index contributed by atoms with van der Waals surface area (Å²) in [6.45, 7) is 1.53. The van der Waals surface area contributed by atoms with Crippen molar-refractivity contribution in [3.05, 3.63) is 63.1 Å². The summed E-state index contributed by atoms with van der Waals surface area (Å²) in [6.07, 6.45) is -0.871. The first-order valence-corrected chi connectivity index (χ1v) is 7.23. The molecule has 0 aliphatic carbocycles. The topological polar surface area (TPSA) is 81.5 Å². The summed E-state index contributed by atoms with van der Waals surface area (Å²) in [6, 6.07) is 13.0. The van der Waals surface area contributed by atoms with Crippen LogP contribution in [0.4, 0.5) is 11.4 Å². The second-order valence-corrected chi connectivity index (χ2v) is 5.40. The van der Waals surface area contributed by atoms with E-state index >= 15 is 0 Å². The average molecular weight is 365 g/mol.